The highest BCUT2D eigenvalue weighted by atomic mass is 32.2. The summed E-state index contributed by atoms with van der Waals surface area (Å²) in [5.74, 6) is 0. The molecule has 0 bridgehead atoms. The molecule has 0 aromatic heterocycles. The van der Waals surface area contributed by atoms with Crippen molar-refractivity contribution in [2.45, 2.75) is 35.6 Å². The molecule has 192 valence electrons. The van der Waals surface area contributed by atoms with Gasteiger partial charge in [0.05, 0.1) is 10.9 Å². The van der Waals surface area contributed by atoms with Gasteiger partial charge >= 0.3 is 0 Å². The molecule has 0 saturated carbocycles. The van der Waals surface area contributed by atoms with Gasteiger partial charge in [-0.3, -0.25) is 9.11 Å². The summed E-state index contributed by atoms with van der Waals surface area (Å²) in [6.07, 6.45) is 9.25. The number of hydrogen-bond donors (Lipinski definition) is 3. The number of rotatable bonds is 8. The largest absolute Gasteiger partial charge is 0.378 e. The van der Waals surface area contributed by atoms with Gasteiger partial charge in [0.2, 0.25) is 0 Å². The molecule has 0 amide bonds. The maximum Gasteiger partial charge on any atom is 0.295 e. The SMILES string of the molecule is CCC(Nc1ccc(C(=C2C=CCC=C2)c2ccccc2S(=O)(=O)O)cc1)c1cccc(S(=O)(=O)O)c1. The van der Waals surface area contributed by atoms with Crippen LogP contribution in [-0.4, -0.2) is 25.9 Å². The van der Waals surface area contributed by atoms with Crippen molar-refractivity contribution in [3.8, 4) is 0 Å². The lowest BCUT2D eigenvalue weighted by atomic mass is 9.91. The molecular formula is C28H27NO6S2. The summed E-state index contributed by atoms with van der Waals surface area (Å²) in [5, 5.41) is 3.39. The van der Waals surface area contributed by atoms with E-state index in [1.54, 1.807) is 30.3 Å². The van der Waals surface area contributed by atoms with Crippen LogP contribution in [0.25, 0.3) is 5.57 Å². The quantitative estimate of drug-likeness (QED) is 0.299. The molecule has 37 heavy (non-hydrogen) atoms. The molecule has 0 spiro atoms. The molecule has 0 aliphatic heterocycles. The Morgan fingerprint density at radius 3 is 2.16 bits per heavy atom. The molecule has 1 atom stereocenters. The molecule has 4 rings (SSSR count). The number of hydrogen-bond acceptors (Lipinski definition) is 5. The fourth-order valence-electron chi connectivity index (χ4n) is 4.31. The Bertz CT molecular complexity index is 1590. The van der Waals surface area contributed by atoms with Crippen molar-refractivity contribution in [2.75, 3.05) is 5.32 Å². The lowest BCUT2D eigenvalue weighted by Crippen LogP contribution is -2.11. The van der Waals surface area contributed by atoms with E-state index in [4.69, 9.17) is 0 Å². The van der Waals surface area contributed by atoms with Gasteiger partial charge in [-0.25, -0.2) is 0 Å². The monoisotopic (exact) mass is 537 g/mol. The first kappa shape index (κ1) is 26.6. The van der Waals surface area contributed by atoms with Gasteiger partial charge in [0.1, 0.15) is 4.90 Å². The molecule has 1 unspecified atom stereocenters. The molecule has 1 aliphatic rings. The predicted molar refractivity (Wildman–Crippen MR) is 145 cm³/mol. The van der Waals surface area contributed by atoms with Gasteiger partial charge in [0, 0.05) is 11.3 Å². The van der Waals surface area contributed by atoms with Crippen molar-refractivity contribution >= 4 is 31.5 Å². The second-order valence-corrected chi connectivity index (χ2v) is 11.4. The average Bonchev–Trinajstić information content (AvgIpc) is 2.88. The van der Waals surface area contributed by atoms with Gasteiger partial charge < -0.3 is 5.32 Å². The second kappa shape index (κ2) is 10.9. The van der Waals surface area contributed by atoms with Crippen LogP contribution in [0.5, 0.6) is 0 Å². The minimum absolute atomic E-state index is 0.164. The Labute approximate surface area is 217 Å². The van der Waals surface area contributed by atoms with Crippen LogP contribution in [0.4, 0.5) is 5.69 Å². The maximum atomic E-state index is 12.1. The molecule has 0 saturated heterocycles. The summed E-state index contributed by atoms with van der Waals surface area (Å²) < 4.78 is 66.6. The molecular weight excluding hydrogens is 510 g/mol. The van der Waals surface area contributed by atoms with Crippen LogP contribution in [-0.2, 0) is 20.2 Å². The molecule has 3 aromatic rings. The lowest BCUT2D eigenvalue weighted by molar-refractivity contribution is 0.480. The van der Waals surface area contributed by atoms with Crippen molar-refractivity contribution in [1.29, 1.82) is 0 Å². The van der Waals surface area contributed by atoms with E-state index in [9.17, 15) is 25.9 Å². The van der Waals surface area contributed by atoms with Gasteiger partial charge in [-0.2, -0.15) is 16.8 Å². The zero-order valence-electron chi connectivity index (χ0n) is 20.1. The molecule has 3 N–H and O–H groups in total. The van der Waals surface area contributed by atoms with Gasteiger partial charge in [0.25, 0.3) is 20.2 Å². The number of allylic oxidation sites excluding steroid dienone is 5. The summed E-state index contributed by atoms with van der Waals surface area (Å²) in [6.45, 7) is 1.96. The Morgan fingerprint density at radius 1 is 0.865 bits per heavy atom. The summed E-state index contributed by atoms with van der Waals surface area (Å²) in [6, 6.07) is 19.7. The summed E-state index contributed by atoms with van der Waals surface area (Å²) >= 11 is 0. The second-order valence-electron chi connectivity index (χ2n) is 8.57. The molecule has 3 aromatic carbocycles. The van der Waals surface area contributed by atoms with E-state index in [1.165, 1.54) is 18.2 Å². The van der Waals surface area contributed by atoms with Crippen LogP contribution in [0, 0.1) is 0 Å². The van der Waals surface area contributed by atoms with Crippen LogP contribution in [0.15, 0.2) is 112 Å². The van der Waals surface area contributed by atoms with E-state index in [2.05, 4.69) is 5.32 Å². The summed E-state index contributed by atoms with van der Waals surface area (Å²) in [4.78, 5) is -0.334. The van der Waals surface area contributed by atoms with Gasteiger partial charge in [0.15, 0.2) is 0 Å². The smallest absolute Gasteiger partial charge is 0.295 e. The van der Waals surface area contributed by atoms with Crippen LogP contribution in [0.2, 0.25) is 0 Å². The van der Waals surface area contributed by atoms with Crippen LogP contribution in [0.3, 0.4) is 0 Å². The van der Waals surface area contributed by atoms with E-state index in [0.29, 0.717) is 23.1 Å². The van der Waals surface area contributed by atoms with E-state index in [-0.39, 0.29) is 15.8 Å². The van der Waals surface area contributed by atoms with Crippen molar-refractivity contribution < 1.29 is 25.9 Å². The third kappa shape index (κ3) is 6.26. The Hall–Kier alpha value is -3.50. The number of nitrogens with one attached hydrogen (secondary N) is 1. The topological polar surface area (TPSA) is 121 Å². The first-order valence-electron chi connectivity index (χ1n) is 11.7. The minimum atomic E-state index is -4.45. The van der Waals surface area contributed by atoms with Crippen molar-refractivity contribution in [2.24, 2.45) is 0 Å². The van der Waals surface area contributed by atoms with E-state index >= 15 is 0 Å². The molecule has 0 heterocycles. The highest BCUT2D eigenvalue weighted by Crippen LogP contribution is 2.35. The molecule has 9 heteroatoms. The zero-order chi connectivity index (χ0) is 26.6. The Balaban J connectivity index is 1.72. The first-order valence-corrected chi connectivity index (χ1v) is 14.5. The number of anilines is 1. The van der Waals surface area contributed by atoms with Gasteiger partial charge in [-0.1, -0.05) is 73.7 Å². The minimum Gasteiger partial charge on any atom is -0.378 e. The van der Waals surface area contributed by atoms with Gasteiger partial charge in [-0.15, -0.1) is 0 Å². The van der Waals surface area contributed by atoms with E-state index in [1.807, 2.05) is 55.5 Å². The molecule has 0 fully saturated rings. The predicted octanol–water partition coefficient (Wildman–Crippen LogP) is 6.06. The number of benzene rings is 3. The Kier molecular flexibility index (Phi) is 7.79. The zero-order valence-corrected chi connectivity index (χ0v) is 21.7. The third-order valence-corrected chi connectivity index (χ3v) is 7.83. The van der Waals surface area contributed by atoms with Crippen LogP contribution >= 0.6 is 0 Å². The average molecular weight is 538 g/mol. The maximum absolute atomic E-state index is 12.1. The van der Waals surface area contributed by atoms with Crippen LogP contribution < -0.4 is 5.32 Å². The Morgan fingerprint density at radius 2 is 1.54 bits per heavy atom. The van der Waals surface area contributed by atoms with E-state index < -0.39 is 20.2 Å². The van der Waals surface area contributed by atoms with E-state index in [0.717, 1.165) is 23.2 Å². The molecule has 0 radical (unpaired) electrons. The van der Waals surface area contributed by atoms with Crippen molar-refractivity contribution in [3.05, 3.63) is 119 Å². The van der Waals surface area contributed by atoms with Crippen molar-refractivity contribution in [1.82, 2.24) is 0 Å². The highest BCUT2D eigenvalue weighted by Gasteiger charge is 2.21. The standard InChI is InChI=1S/C28H27NO6S2/c1-2-26(22-11-8-12-24(19-22)36(30,31)32)29-23-17-15-21(16-18-23)28(20-9-4-3-5-10-20)25-13-6-7-14-27(25)37(33,34)35/h4-19,26,29H,2-3H2,1H3,(H,30,31,32)(H,33,34,35). The van der Waals surface area contributed by atoms with Gasteiger partial charge in [-0.05, 0) is 65.4 Å². The van der Waals surface area contributed by atoms with Crippen LogP contribution in [0.1, 0.15) is 42.5 Å². The fraction of sp³-hybridized carbons (Fsp3) is 0.143. The lowest BCUT2D eigenvalue weighted by Gasteiger charge is -2.20. The fourth-order valence-corrected chi connectivity index (χ4v) is 5.55. The molecule has 7 nitrogen and oxygen atoms in total. The van der Waals surface area contributed by atoms with Crippen molar-refractivity contribution in [3.63, 3.8) is 0 Å². The molecule has 1 aliphatic carbocycles. The first-order chi connectivity index (χ1) is 17.6. The highest BCUT2D eigenvalue weighted by molar-refractivity contribution is 7.86. The third-order valence-electron chi connectivity index (χ3n) is 6.07. The summed E-state index contributed by atoms with van der Waals surface area (Å²) in [7, 11) is -8.76. The summed E-state index contributed by atoms with van der Waals surface area (Å²) in [5.41, 5.74) is 4.12. The normalized spacial score (nSPS) is 14.4.